The van der Waals surface area contributed by atoms with Crippen LogP contribution in [0.1, 0.15) is 20.3 Å². The van der Waals surface area contributed by atoms with Gasteiger partial charge >= 0.3 is 0 Å². The van der Waals surface area contributed by atoms with Crippen LogP contribution in [0, 0.1) is 0 Å². The van der Waals surface area contributed by atoms with E-state index in [1.54, 1.807) is 17.5 Å². The highest BCUT2D eigenvalue weighted by Gasteiger charge is 2.11. The number of rotatable bonds is 6. The van der Waals surface area contributed by atoms with E-state index in [0.717, 1.165) is 29.7 Å². The fourth-order valence-corrected chi connectivity index (χ4v) is 2.66. The van der Waals surface area contributed by atoms with Crippen molar-refractivity contribution < 1.29 is 4.74 Å². The molecule has 3 aromatic rings. The summed E-state index contributed by atoms with van der Waals surface area (Å²) in [5.74, 6) is 1.85. The minimum absolute atomic E-state index is 0.565. The summed E-state index contributed by atoms with van der Waals surface area (Å²) in [4.78, 5) is 9.88. The van der Waals surface area contributed by atoms with Gasteiger partial charge in [-0.25, -0.2) is 4.98 Å². The number of hydrogen-bond acceptors (Lipinski definition) is 6. The molecule has 0 aliphatic rings. The van der Waals surface area contributed by atoms with E-state index in [-0.39, 0.29) is 0 Å². The van der Waals surface area contributed by atoms with Gasteiger partial charge in [0.15, 0.2) is 5.75 Å². The van der Waals surface area contributed by atoms with Crippen LogP contribution in [0.15, 0.2) is 23.8 Å². The number of aryl methyl sites for hydroxylation is 1. The molecular weight excluding hydrogens is 286 g/mol. The first-order valence-electron chi connectivity index (χ1n) is 6.99. The highest BCUT2D eigenvalue weighted by Crippen LogP contribution is 2.31. The Morgan fingerprint density at radius 1 is 1.33 bits per heavy atom. The molecule has 110 valence electrons. The highest BCUT2D eigenvalue weighted by molar-refractivity contribution is 7.16. The second kappa shape index (κ2) is 6.09. The molecule has 0 spiro atoms. The molecule has 0 atom stereocenters. The van der Waals surface area contributed by atoms with Crippen molar-refractivity contribution in [2.75, 3.05) is 11.9 Å². The summed E-state index contributed by atoms with van der Waals surface area (Å²) < 4.78 is 7.70. The van der Waals surface area contributed by atoms with E-state index in [4.69, 9.17) is 4.74 Å². The average Bonchev–Trinajstić information content (AvgIpc) is 3.13. The zero-order valence-corrected chi connectivity index (χ0v) is 12.9. The fraction of sp³-hybridized carbons (Fsp3) is 0.357. The Morgan fingerprint density at radius 3 is 3.00 bits per heavy atom. The molecule has 3 aromatic heterocycles. The highest BCUT2D eigenvalue weighted by atomic mass is 32.1. The van der Waals surface area contributed by atoms with Crippen LogP contribution >= 0.6 is 11.3 Å². The largest absolute Gasteiger partial charge is 0.435 e. The normalized spacial score (nSPS) is 11.0. The number of nitrogens with one attached hydrogen (secondary N) is 1. The topological polar surface area (TPSA) is 64.9 Å². The van der Waals surface area contributed by atoms with Crippen LogP contribution in [0.4, 0.5) is 5.95 Å². The standard InChI is InChI=1S/C14H17N5OS/c1-3-6-15-14-17-12(11-5-7-21-13(11)18-14)20-10-8-16-19(4-2)9-10/h5,7-9H,3-4,6H2,1-2H3,(H,15,17,18). The van der Waals surface area contributed by atoms with Crippen LogP contribution in [-0.4, -0.2) is 26.3 Å². The minimum Gasteiger partial charge on any atom is -0.435 e. The second-order valence-electron chi connectivity index (χ2n) is 4.55. The van der Waals surface area contributed by atoms with E-state index < -0.39 is 0 Å². The van der Waals surface area contributed by atoms with Crippen molar-refractivity contribution >= 4 is 27.5 Å². The van der Waals surface area contributed by atoms with Crippen LogP contribution in [0.2, 0.25) is 0 Å². The Labute approximate surface area is 126 Å². The number of aromatic nitrogens is 4. The third-order valence-corrected chi connectivity index (χ3v) is 3.78. The molecular formula is C14H17N5OS. The van der Waals surface area contributed by atoms with Gasteiger partial charge < -0.3 is 10.1 Å². The van der Waals surface area contributed by atoms with Gasteiger partial charge in [-0.1, -0.05) is 6.92 Å². The van der Waals surface area contributed by atoms with Crippen molar-refractivity contribution in [3.8, 4) is 11.6 Å². The van der Waals surface area contributed by atoms with Gasteiger partial charge in [0.05, 0.1) is 17.8 Å². The number of ether oxygens (including phenoxy) is 1. The number of fused-ring (bicyclic) bond motifs is 1. The van der Waals surface area contributed by atoms with Crippen molar-refractivity contribution in [2.45, 2.75) is 26.8 Å². The van der Waals surface area contributed by atoms with Gasteiger partial charge in [0.1, 0.15) is 4.83 Å². The lowest BCUT2D eigenvalue weighted by atomic mass is 10.4. The van der Waals surface area contributed by atoms with Crippen molar-refractivity contribution in [3.63, 3.8) is 0 Å². The zero-order chi connectivity index (χ0) is 14.7. The fourth-order valence-electron chi connectivity index (χ4n) is 1.90. The van der Waals surface area contributed by atoms with Crippen LogP contribution in [0.25, 0.3) is 10.2 Å². The Morgan fingerprint density at radius 2 is 2.24 bits per heavy atom. The smallest absolute Gasteiger partial charge is 0.233 e. The van der Waals surface area contributed by atoms with Crippen molar-refractivity contribution in [2.24, 2.45) is 0 Å². The molecule has 0 unspecified atom stereocenters. The summed E-state index contributed by atoms with van der Waals surface area (Å²) in [6, 6.07) is 1.98. The van der Waals surface area contributed by atoms with Gasteiger partial charge in [-0.15, -0.1) is 11.3 Å². The van der Waals surface area contributed by atoms with E-state index >= 15 is 0 Å². The van der Waals surface area contributed by atoms with Crippen LogP contribution in [0.5, 0.6) is 11.6 Å². The third-order valence-electron chi connectivity index (χ3n) is 2.97. The lowest BCUT2D eigenvalue weighted by molar-refractivity contribution is 0.468. The molecule has 0 aliphatic heterocycles. The number of anilines is 1. The molecule has 0 aromatic carbocycles. The summed E-state index contributed by atoms with van der Waals surface area (Å²) >= 11 is 1.58. The van der Waals surface area contributed by atoms with Gasteiger partial charge in [0.25, 0.3) is 0 Å². The average molecular weight is 303 g/mol. The maximum atomic E-state index is 5.89. The molecule has 3 rings (SSSR count). The van der Waals surface area contributed by atoms with Crippen molar-refractivity contribution in [1.82, 2.24) is 19.7 Å². The van der Waals surface area contributed by atoms with E-state index in [1.165, 1.54) is 0 Å². The second-order valence-corrected chi connectivity index (χ2v) is 5.45. The van der Waals surface area contributed by atoms with E-state index in [1.807, 2.05) is 29.2 Å². The maximum Gasteiger partial charge on any atom is 0.233 e. The molecule has 0 radical (unpaired) electrons. The SMILES string of the molecule is CCCNc1nc(Oc2cnn(CC)c2)c2ccsc2n1. The van der Waals surface area contributed by atoms with Crippen LogP contribution in [0.3, 0.4) is 0 Å². The van der Waals surface area contributed by atoms with Gasteiger partial charge in [0.2, 0.25) is 11.8 Å². The summed E-state index contributed by atoms with van der Waals surface area (Å²) in [6.45, 7) is 5.78. The predicted octanol–water partition coefficient (Wildman–Crippen LogP) is 3.52. The van der Waals surface area contributed by atoms with Gasteiger partial charge in [-0.2, -0.15) is 10.1 Å². The molecule has 3 heterocycles. The molecule has 0 amide bonds. The molecule has 0 aliphatic carbocycles. The molecule has 0 saturated carbocycles. The quantitative estimate of drug-likeness (QED) is 0.754. The molecule has 0 bridgehead atoms. The lowest BCUT2D eigenvalue weighted by Crippen LogP contribution is -2.04. The Kier molecular flexibility index (Phi) is 4.01. The molecule has 1 N–H and O–H groups in total. The molecule has 6 nitrogen and oxygen atoms in total. The predicted molar refractivity (Wildman–Crippen MR) is 84.2 cm³/mol. The number of thiophene rings is 1. The number of nitrogens with zero attached hydrogens (tertiary/aromatic N) is 4. The third kappa shape index (κ3) is 2.97. The van der Waals surface area contributed by atoms with Gasteiger partial charge in [0, 0.05) is 13.1 Å². The van der Waals surface area contributed by atoms with Gasteiger partial charge in [-0.05, 0) is 24.8 Å². The molecule has 7 heteroatoms. The Hall–Kier alpha value is -2.15. The molecule has 0 saturated heterocycles. The van der Waals surface area contributed by atoms with E-state index in [2.05, 4.69) is 27.3 Å². The van der Waals surface area contributed by atoms with Gasteiger partial charge in [-0.3, -0.25) is 4.68 Å². The summed E-state index contributed by atoms with van der Waals surface area (Å²) in [6.07, 6.45) is 4.58. The monoisotopic (exact) mass is 303 g/mol. The first-order valence-corrected chi connectivity index (χ1v) is 7.87. The summed E-state index contributed by atoms with van der Waals surface area (Å²) in [7, 11) is 0. The van der Waals surface area contributed by atoms with Crippen LogP contribution < -0.4 is 10.1 Å². The lowest BCUT2D eigenvalue weighted by Gasteiger charge is -2.07. The minimum atomic E-state index is 0.565. The first-order chi connectivity index (χ1) is 10.3. The van der Waals surface area contributed by atoms with E-state index in [0.29, 0.717) is 17.6 Å². The van der Waals surface area contributed by atoms with Crippen LogP contribution in [-0.2, 0) is 6.54 Å². The summed E-state index contributed by atoms with van der Waals surface area (Å²) in [5.41, 5.74) is 0. The maximum absolute atomic E-state index is 5.89. The van der Waals surface area contributed by atoms with E-state index in [9.17, 15) is 0 Å². The number of hydrogen-bond donors (Lipinski definition) is 1. The first kappa shape index (κ1) is 13.8. The van der Waals surface area contributed by atoms with Crippen molar-refractivity contribution in [3.05, 3.63) is 23.8 Å². The Bertz CT molecular complexity index is 736. The Balaban J connectivity index is 1.93. The van der Waals surface area contributed by atoms with Crippen molar-refractivity contribution in [1.29, 1.82) is 0 Å². The molecule has 21 heavy (non-hydrogen) atoms. The molecule has 0 fully saturated rings. The zero-order valence-electron chi connectivity index (χ0n) is 12.0. The summed E-state index contributed by atoms with van der Waals surface area (Å²) in [5, 5.41) is 10.3.